The first-order valence-corrected chi connectivity index (χ1v) is 6.38. The fourth-order valence-corrected chi connectivity index (χ4v) is 1.89. The number of benzene rings is 1. The van der Waals surface area contributed by atoms with Gasteiger partial charge in [-0.05, 0) is 12.5 Å². The van der Waals surface area contributed by atoms with Crippen LogP contribution in [-0.4, -0.2) is 17.1 Å². The Morgan fingerprint density at radius 2 is 1.90 bits per heavy atom. The Morgan fingerprint density at radius 3 is 2.55 bits per heavy atom. The highest BCUT2D eigenvalue weighted by atomic mass is 16.5. The Morgan fingerprint density at radius 1 is 1.20 bits per heavy atom. The number of hydrogen-bond donors (Lipinski definition) is 3. The maximum Gasteiger partial charge on any atom is 0.158 e. The smallest absolute Gasteiger partial charge is 0.158 e. The molecule has 6 heteroatoms. The van der Waals surface area contributed by atoms with Gasteiger partial charge in [-0.2, -0.15) is 0 Å². The Labute approximate surface area is 118 Å². The lowest BCUT2D eigenvalue weighted by atomic mass is 10.1. The van der Waals surface area contributed by atoms with Crippen LogP contribution in [-0.2, 0) is 11.3 Å². The number of nitrogens with two attached hydrogens (primary N) is 1. The van der Waals surface area contributed by atoms with Gasteiger partial charge in [-0.25, -0.2) is 15.8 Å². The minimum atomic E-state index is 0.132. The molecule has 0 aliphatic rings. The molecule has 1 aromatic heterocycles. The predicted octanol–water partition coefficient (Wildman–Crippen LogP) is 2.08. The summed E-state index contributed by atoms with van der Waals surface area (Å²) in [5.74, 6) is 7.25. The molecule has 0 radical (unpaired) electrons. The third kappa shape index (κ3) is 3.66. The van der Waals surface area contributed by atoms with Crippen LogP contribution >= 0.6 is 0 Å². The molecule has 0 bridgehead atoms. The molecule has 0 fully saturated rings. The highest BCUT2D eigenvalue weighted by molar-refractivity contribution is 5.48. The van der Waals surface area contributed by atoms with Gasteiger partial charge in [0, 0.05) is 19.2 Å². The standard InChI is InChI=1S/C14H19N5O/c1-10(11-6-4-3-5-7-11)16-12-8-13(19-15)18-14(17-12)9-20-2/h3-8,10H,9,15H2,1-2H3,(H2,16,17,18,19). The zero-order valence-corrected chi connectivity index (χ0v) is 11.6. The molecule has 0 saturated heterocycles. The highest BCUT2D eigenvalue weighted by Gasteiger charge is 2.08. The second-order valence-electron chi connectivity index (χ2n) is 4.41. The van der Waals surface area contributed by atoms with Crippen molar-refractivity contribution in [2.75, 3.05) is 17.9 Å². The van der Waals surface area contributed by atoms with E-state index in [-0.39, 0.29) is 6.04 Å². The van der Waals surface area contributed by atoms with Crippen molar-refractivity contribution < 1.29 is 4.74 Å². The number of anilines is 2. The van der Waals surface area contributed by atoms with Crippen LogP contribution in [0.5, 0.6) is 0 Å². The Bertz CT molecular complexity index is 547. The van der Waals surface area contributed by atoms with Gasteiger partial charge in [0.1, 0.15) is 18.2 Å². The van der Waals surface area contributed by atoms with Gasteiger partial charge in [0.05, 0.1) is 0 Å². The minimum Gasteiger partial charge on any atom is -0.377 e. The average molecular weight is 273 g/mol. The molecule has 1 aromatic carbocycles. The number of methoxy groups -OCH3 is 1. The number of hydrazine groups is 1. The third-order valence-corrected chi connectivity index (χ3v) is 2.86. The summed E-state index contributed by atoms with van der Waals surface area (Å²) >= 11 is 0. The minimum absolute atomic E-state index is 0.132. The van der Waals surface area contributed by atoms with E-state index in [0.29, 0.717) is 24.1 Å². The van der Waals surface area contributed by atoms with E-state index in [2.05, 4.69) is 39.8 Å². The first kappa shape index (κ1) is 14.2. The van der Waals surface area contributed by atoms with Crippen molar-refractivity contribution in [1.29, 1.82) is 0 Å². The predicted molar refractivity (Wildman–Crippen MR) is 79.0 cm³/mol. The van der Waals surface area contributed by atoms with Crippen molar-refractivity contribution >= 4 is 11.6 Å². The molecular formula is C14H19N5O. The van der Waals surface area contributed by atoms with Crippen molar-refractivity contribution in [2.24, 2.45) is 5.84 Å². The van der Waals surface area contributed by atoms with E-state index in [9.17, 15) is 0 Å². The lowest BCUT2D eigenvalue weighted by molar-refractivity contribution is 0.178. The van der Waals surface area contributed by atoms with Gasteiger partial charge in [0.2, 0.25) is 0 Å². The van der Waals surface area contributed by atoms with Gasteiger partial charge in [0.25, 0.3) is 0 Å². The molecule has 0 aliphatic heterocycles. The molecule has 4 N–H and O–H groups in total. The van der Waals surface area contributed by atoms with Gasteiger partial charge in [0.15, 0.2) is 5.82 Å². The quantitative estimate of drug-likeness (QED) is 0.552. The second-order valence-corrected chi connectivity index (χ2v) is 4.41. The number of ether oxygens (including phenoxy) is 1. The largest absolute Gasteiger partial charge is 0.377 e. The fraction of sp³-hybridized carbons (Fsp3) is 0.286. The van der Waals surface area contributed by atoms with Gasteiger partial charge >= 0.3 is 0 Å². The lowest BCUT2D eigenvalue weighted by Gasteiger charge is -2.16. The van der Waals surface area contributed by atoms with Crippen LogP contribution in [0.15, 0.2) is 36.4 Å². The molecule has 2 rings (SSSR count). The summed E-state index contributed by atoms with van der Waals surface area (Å²) in [4.78, 5) is 8.60. The number of nitrogen functional groups attached to an aromatic ring is 1. The monoisotopic (exact) mass is 273 g/mol. The van der Waals surface area contributed by atoms with Crippen molar-refractivity contribution in [2.45, 2.75) is 19.6 Å². The maximum atomic E-state index is 5.42. The number of rotatable bonds is 6. The molecule has 0 saturated carbocycles. The zero-order valence-electron chi connectivity index (χ0n) is 11.6. The number of aromatic nitrogens is 2. The van der Waals surface area contributed by atoms with E-state index < -0.39 is 0 Å². The van der Waals surface area contributed by atoms with E-state index in [4.69, 9.17) is 10.6 Å². The van der Waals surface area contributed by atoms with Crippen LogP contribution in [0, 0.1) is 0 Å². The first-order valence-electron chi connectivity index (χ1n) is 6.38. The van der Waals surface area contributed by atoms with Crippen LogP contribution in [0.2, 0.25) is 0 Å². The van der Waals surface area contributed by atoms with E-state index in [0.717, 1.165) is 0 Å². The summed E-state index contributed by atoms with van der Waals surface area (Å²) in [7, 11) is 1.60. The summed E-state index contributed by atoms with van der Waals surface area (Å²) in [5.41, 5.74) is 3.71. The van der Waals surface area contributed by atoms with Crippen molar-refractivity contribution in [3.8, 4) is 0 Å². The molecule has 0 spiro atoms. The van der Waals surface area contributed by atoms with Gasteiger partial charge in [-0.15, -0.1) is 0 Å². The van der Waals surface area contributed by atoms with Crippen LogP contribution in [0.25, 0.3) is 0 Å². The normalized spacial score (nSPS) is 11.9. The number of hydrogen-bond acceptors (Lipinski definition) is 6. The molecule has 0 amide bonds. The summed E-state index contributed by atoms with van der Waals surface area (Å²) in [5, 5.41) is 3.33. The van der Waals surface area contributed by atoms with Gasteiger partial charge < -0.3 is 15.5 Å². The molecule has 20 heavy (non-hydrogen) atoms. The third-order valence-electron chi connectivity index (χ3n) is 2.86. The average Bonchev–Trinajstić information content (AvgIpc) is 2.48. The van der Waals surface area contributed by atoms with Crippen LogP contribution in [0.3, 0.4) is 0 Å². The summed E-state index contributed by atoms with van der Waals surface area (Å²) in [6.45, 7) is 2.41. The van der Waals surface area contributed by atoms with Gasteiger partial charge in [-0.1, -0.05) is 30.3 Å². The Kier molecular flexibility index (Phi) is 4.86. The molecule has 1 unspecified atom stereocenters. The highest BCUT2D eigenvalue weighted by Crippen LogP contribution is 2.19. The van der Waals surface area contributed by atoms with Crippen molar-refractivity contribution in [3.05, 3.63) is 47.8 Å². The van der Waals surface area contributed by atoms with E-state index in [1.807, 2.05) is 18.2 Å². The van der Waals surface area contributed by atoms with Crippen LogP contribution in [0.1, 0.15) is 24.4 Å². The fourth-order valence-electron chi connectivity index (χ4n) is 1.89. The summed E-state index contributed by atoms with van der Waals surface area (Å²) < 4.78 is 5.05. The summed E-state index contributed by atoms with van der Waals surface area (Å²) in [6.07, 6.45) is 0. The molecule has 1 heterocycles. The molecule has 6 nitrogen and oxygen atoms in total. The van der Waals surface area contributed by atoms with Crippen molar-refractivity contribution in [3.63, 3.8) is 0 Å². The SMILES string of the molecule is COCc1nc(NN)cc(NC(C)c2ccccc2)n1. The molecule has 2 aromatic rings. The molecule has 1 atom stereocenters. The number of nitrogens with one attached hydrogen (secondary N) is 2. The zero-order chi connectivity index (χ0) is 14.4. The van der Waals surface area contributed by atoms with E-state index in [1.54, 1.807) is 13.2 Å². The van der Waals surface area contributed by atoms with Crippen molar-refractivity contribution in [1.82, 2.24) is 9.97 Å². The first-order chi connectivity index (χ1) is 9.72. The Balaban J connectivity index is 2.17. The Hall–Kier alpha value is -2.18. The second kappa shape index (κ2) is 6.83. The lowest BCUT2D eigenvalue weighted by Crippen LogP contribution is -2.14. The molecular weight excluding hydrogens is 254 g/mol. The number of nitrogens with zero attached hydrogens (tertiary/aromatic N) is 2. The topological polar surface area (TPSA) is 85.1 Å². The maximum absolute atomic E-state index is 5.42. The molecule has 106 valence electrons. The summed E-state index contributed by atoms with van der Waals surface area (Å²) in [6, 6.07) is 12.0. The van der Waals surface area contributed by atoms with E-state index >= 15 is 0 Å². The van der Waals surface area contributed by atoms with Crippen LogP contribution < -0.4 is 16.6 Å². The van der Waals surface area contributed by atoms with Gasteiger partial charge in [-0.3, -0.25) is 0 Å². The molecule has 0 aliphatic carbocycles. The van der Waals surface area contributed by atoms with Crippen LogP contribution in [0.4, 0.5) is 11.6 Å². The van der Waals surface area contributed by atoms with E-state index in [1.165, 1.54) is 5.56 Å².